The summed E-state index contributed by atoms with van der Waals surface area (Å²) in [5, 5.41) is 9.14. The summed E-state index contributed by atoms with van der Waals surface area (Å²) in [6.07, 6.45) is 4.89. The highest BCUT2D eigenvalue weighted by Gasteiger charge is 2.23. The molecule has 3 aromatic carbocycles. The molecule has 2 N–H and O–H groups in total. The molecule has 1 atom stereocenters. The standard InChI is InChI=1S/C27H32N2O/c1-21(24-16-9-14-23-13-7-8-15-25(23)24)28-19-10-18-27(2,3)26(30)29-20-17-22-11-5-4-6-12-22/h4-16,18,21,28H,17,19-20H2,1-3H3,(H,29,30)/b18-10+/t21-/m1/s1. The van der Waals surface area contributed by atoms with Crippen LogP contribution < -0.4 is 10.6 Å². The number of amides is 1. The van der Waals surface area contributed by atoms with E-state index in [-0.39, 0.29) is 11.9 Å². The Labute approximate surface area is 180 Å². The minimum absolute atomic E-state index is 0.0526. The summed E-state index contributed by atoms with van der Waals surface area (Å²) in [7, 11) is 0. The number of benzene rings is 3. The van der Waals surface area contributed by atoms with Crippen LogP contribution in [0.1, 0.15) is 37.9 Å². The van der Waals surface area contributed by atoms with Crippen molar-refractivity contribution < 1.29 is 4.79 Å². The van der Waals surface area contributed by atoms with Crippen molar-refractivity contribution in [2.75, 3.05) is 13.1 Å². The maximum Gasteiger partial charge on any atom is 0.229 e. The average molecular weight is 401 g/mol. The van der Waals surface area contributed by atoms with Crippen molar-refractivity contribution in [3.05, 3.63) is 96.1 Å². The van der Waals surface area contributed by atoms with Crippen LogP contribution in [0.4, 0.5) is 0 Å². The summed E-state index contributed by atoms with van der Waals surface area (Å²) in [6, 6.07) is 25.3. The van der Waals surface area contributed by atoms with Crippen LogP contribution in [0.15, 0.2) is 84.9 Å². The van der Waals surface area contributed by atoms with Crippen molar-refractivity contribution in [1.82, 2.24) is 10.6 Å². The molecule has 0 radical (unpaired) electrons. The van der Waals surface area contributed by atoms with E-state index in [1.54, 1.807) is 0 Å². The van der Waals surface area contributed by atoms with Gasteiger partial charge >= 0.3 is 0 Å². The SMILES string of the molecule is C[C@@H](NC/C=C/C(C)(C)C(=O)NCCc1ccccc1)c1cccc2ccccc12. The highest BCUT2D eigenvalue weighted by Crippen LogP contribution is 2.24. The summed E-state index contributed by atoms with van der Waals surface area (Å²) in [4.78, 5) is 12.6. The molecule has 0 aliphatic rings. The lowest BCUT2D eigenvalue weighted by atomic mass is 9.91. The van der Waals surface area contributed by atoms with Crippen LogP contribution in [0, 0.1) is 5.41 Å². The fourth-order valence-corrected chi connectivity index (χ4v) is 3.60. The van der Waals surface area contributed by atoms with Gasteiger partial charge in [-0.2, -0.15) is 0 Å². The van der Waals surface area contributed by atoms with Crippen molar-refractivity contribution in [2.45, 2.75) is 33.2 Å². The summed E-state index contributed by atoms with van der Waals surface area (Å²) in [6.45, 7) is 7.45. The number of hydrogen-bond acceptors (Lipinski definition) is 2. The minimum atomic E-state index is -0.541. The molecule has 156 valence electrons. The molecular weight excluding hydrogens is 368 g/mol. The smallest absolute Gasteiger partial charge is 0.229 e. The molecule has 3 nitrogen and oxygen atoms in total. The van der Waals surface area contributed by atoms with Gasteiger partial charge in [-0.15, -0.1) is 0 Å². The van der Waals surface area contributed by atoms with E-state index in [2.05, 4.69) is 78.2 Å². The Kier molecular flexibility index (Phi) is 7.42. The van der Waals surface area contributed by atoms with E-state index < -0.39 is 5.41 Å². The van der Waals surface area contributed by atoms with Gasteiger partial charge in [0.05, 0.1) is 5.41 Å². The van der Waals surface area contributed by atoms with Crippen LogP contribution in [-0.2, 0) is 11.2 Å². The van der Waals surface area contributed by atoms with E-state index in [9.17, 15) is 4.79 Å². The van der Waals surface area contributed by atoms with Crippen LogP contribution >= 0.6 is 0 Å². The predicted molar refractivity (Wildman–Crippen MR) is 126 cm³/mol. The Bertz CT molecular complexity index is 987. The van der Waals surface area contributed by atoms with E-state index in [1.165, 1.54) is 21.9 Å². The highest BCUT2D eigenvalue weighted by atomic mass is 16.2. The van der Waals surface area contributed by atoms with Gasteiger partial charge in [0.1, 0.15) is 0 Å². The van der Waals surface area contributed by atoms with Gasteiger partial charge in [0, 0.05) is 19.1 Å². The summed E-state index contributed by atoms with van der Waals surface area (Å²) < 4.78 is 0. The molecule has 0 saturated heterocycles. The molecule has 30 heavy (non-hydrogen) atoms. The molecule has 0 aliphatic carbocycles. The lowest BCUT2D eigenvalue weighted by Gasteiger charge is -2.20. The summed E-state index contributed by atoms with van der Waals surface area (Å²) in [5.74, 6) is 0.0526. The van der Waals surface area contributed by atoms with Crippen LogP contribution in [0.2, 0.25) is 0 Å². The molecule has 0 saturated carbocycles. The Morgan fingerprint density at radius 1 is 0.967 bits per heavy atom. The third kappa shape index (κ3) is 5.80. The largest absolute Gasteiger partial charge is 0.355 e. The zero-order valence-electron chi connectivity index (χ0n) is 18.2. The normalized spacial score (nSPS) is 12.9. The van der Waals surface area contributed by atoms with Crippen LogP contribution in [0.25, 0.3) is 10.8 Å². The second kappa shape index (κ2) is 10.2. The van der Waals surface area contributed by atoms with E-state index in [0.29, 0.717) is 13.1 Å². The molecule has 0 bridgehead atoms. The molecule has 0 fully saturated rings. The van der Waals surface area contributed by atoms with Gasteiger partial charge in [-0.1, -0.05) is 84.9 Å². The lowest BCUT2D eigenvalue weighted by molar-refractivity contribution is -0.127. The molecule has 0 heterocycles. The van der Waals surface area contributed by atoms with Gasteiger partial charge in [-0.05, 0) is 49.1 Å². The molecule has 0 aliphatic heterocycles. The van der Waals surface area contributed by atoms with Gasteiger partial charge < -0.3 is 10.6 Å². The number of fused-ring (bicyclic) bond motifs is 1. The Balaban J connectivity index is 1.49. The van der Waals surface area contributed by atoms with Gasteiger partial charge in [0.2, 0.25) is 5.91 Å². The molecule has 3 aromatic rings. The van der Waals surface area contributed by atoms with Crippen molar-refractivity contribution >= 4 is 16.7 Å². The third-order valence-corrected chi connectivity index (χ3v) is 5.49. The van der Waals surface area contributed by atoms with E-state index in [0.717, 1.165) is 6.42 Å². The number of carbonyl (C=O) groups excluding carboxylic acids is 1. The number of nitrogens with one attached hydrogen (secondary N) is 2. The molecule has 3 rings (SSSR count). The van der Waals surface area contributed by atoms with Gasteiger partial charge in [0.15, 0.2) is 0 Å². The zero-order valence-corrected chi connectivity index (χ0v) is 18.2. The second-order valence-corrected chi connectivity index (χ2v) is 8.31. The molecule has 0 spiro atoms. The van der Waals surface area contributed by atoms with Gasteiger partial charge in [-0.3, -0.25) is 4.79 Å². The van der Waals surface area contributed by atoms with Gasteiger partial charge in [0.25, 0.3) is 0 Å². The van der Waals surface area contributed by atoms with Crippen molar-refractivity contribution in [2.24, 2.45) is 5.41 Å². The fraction of sp³-hybridized carbons (Fsp3) is 0.296. The summed E-state index contributed by atoms with van der Waals surface area (Å²) in [5.41, 5.74) is 1.98. The van der Waals surface area contributed by atoms with Gasteiger partial charge in [-0.25, -0.2) is 0 Å². The van der Waals surface area contributed by atoms with Crippen LogP contribution in [-0.4, -0.2) is 19.0 Å². The zero-order chi connectivity index (χ0) is 21.4. The molecule has 0 aromatic heterocycles. The first-order chi connectivity index (χ1) is 14.5. The Morgan fingerprint density at radius 3 is 2.47 bits per heavy atom. The highest BCUT2D eigenvalue weighted by molar-refractivity contribution is 5.86. The first-order valence-corrected chi connectivity index (χ1v) is 10.7. The maximum atomic E-state index is 12.6. The van der Waals surface area contributed by atoms with Crippen LogP contribution in [0.3, 0.4) is 0 Å². The number of rotatable bonds is 9. The maximum absolute atomic E-state index is 12.6. The summed E-state index contributed by atoms with van der Waals surface area (Å²) >= 11 is 0. The van der Waals surface area contributed by atoms with Crippen molar-refractivity contribution in [1.29, 1.82) is 0 Å². The number of hydrogen-bond donors (Lipinski definition) is 2. The molecule has 0 unspecified atom stereocenters. The van der Waals surface area contributed by atoms with E-state index >= 15 is 0 Å². The molecule has 1 amide bonds. The first kappa shape index (κ1) is 21.8. The Hall–Kier alpha value is -2.91. The average Bonchev–Trinajstić information content (AvgIpc) is 2.77. The van der Waals surface area contributed by atoms with Crippen molar-refractivity contribution in [3.8, 4) is 0 Å². The lowest BCUT2D eigenvalue weighted by Crippen LogP contribution is -2.36. The second-order valence-electron chi connectivity index (χ2n) is 8.31. The van der Waals surface area contributed by atoms with Crippen LogP contribution in [0.5, 0.6) is 0 Å². The third-order valence-electron chi connectivity index (χ3n) is 5.49. The molecule has 3 heteroatoms. The minimum Gasteiger partial charge on any atom is -0.355 e. The van der Waals surface area contributed by atoms with E-state index in [4.69, 9.17) is 0 Å². The monoisotopic (exact) mass is 400 g/mol. The molecular formula is C27H32N2O. The van der Waals surface area contributed by atoms with Crippen molar-refractivity contribution in [3.63, 3.8) is 0 Å². The Morgan fingerprint density at radius 2 is 1.67 bits per heavy atom. The van der Waals surface area contributed by atoms with E-state index in [1.807, 2.05) is 38.1 Å². The fourth-order valence-electron chi connectivity index (χ4n) is 3.60. The first-order valence-electron chi connectivity index (χ1n) is 10.7. The number of carbonyl (C=O) groups is 1. The predicted octanol–water partition coefficient (Wildman–Crippen LogP) is 5.43. The topological polar surface area (TPSA) is 41.1 Å². The quantitative estimate of drug-likeness (QED) is 0.470.